The Labute approximate surface area is 214 Å². The molecular weight excluding hydrogens is 464 g/mol. The van der Waals surface area contributed by atoms with Crippen molar-refractivity contribution in [2.75, 3.05) is 0 Å². The molecule has 0 aromatic heterocycles. The normalized spacial score (nSPS) is 43.8. The molecule has 3 aliphatic rings. The van der Waals surface area contributed by atoms with Crippen molar-refractivity contribution in [2.45, 2.75) is 123 Å². The zero-order valence-electron chi connectivity index (χ0n) is 23.1. The lowest BCUT2D eigenvalue weighted by Crippen LogP contribution is -2.87. The molecule has 1 saturated heterocycles. The van der Waals surface area contributed by atoms with Crippen LogP contribution in [-0.2, 0) is 28.6 Å². The number of esters is 2. The van der Waals surface area contributed by atoms with Gasteiger partial charge in [-0.1, -0.05) is 40.7 Å². The van der Waals surface area contributed by atoms with Crippen molar-refractivity contribution in [3.63, 3.8) is 0 Å². The van der Waals surface area contributed by atoms with E-state index in [1.54, 1.807) is 13.8 Å². The highest BCUT2D eigenvalue weighted by Gasteiger charge is 2.82. The van der Waals surface area contributed by atoms with Gasteiger partial charge in [-0.25, -0.2) is 0 Å². The van der Waals surface area contributed by atoms with Gasteiger partial charge in [-0.2, -0.15) is 0 Å². The van der Waals surface area contributed by atoms with Crippen molar-refractivity contribution in [2.24, 2.45) is 22.7 Å². The van der Waals surface area contributed by atoms with Crippen LogP contribution in [0.4, 0.5) is 0 Å². The first-order chi connectivity index (χ1) is 16.4. The summed E-state index contributed by atoms with van der Waals surface area (Å²) in [6.45, 7) is 17.9. The fraction of sp³-hybridized carbons (Fsp3) is 0.821. The monoisotopic (exact) mass is 508 g/mol. The molecular formula is C28H44O8. The van der Waals surface area contributed by atoms with Gasteiger partial charge in [0.05, 0.1) is 11.7 Å². The van der Waals surface area contributed by atoms with E-state index >= 15 is 0 Å². The standard InChI is InChI=1S/C28H44O8/c1-10-25(7)15-19(31)28(33)26(8)18(30)13-14-24(5,6)22(26)21(35-20(32)12-11-16(2)3)23(34-17(4)29)27(28,9)36-25/h10,16,18,21-23,30,33H,1,11-15H2,2-9H3. The van der Waals surface area contributed by atoms with E-state index in [4.69, 9.17) is 14.2 Å². The Hall–Kier alpha value is -1.77. The van der Waals surface area contributed by atoms with E-state index in [9.17, 15) is 24.6 Å². The van der Waals surface area contributed by atoms with Crippen LogP contribution in [0.5, 0.6) is 0 Å². The number of rotatable bonds is 6. The zero-order valence-corrected chi connectivity index (χ0v) is 23.1. The Bertz CT molecular complexity index is 927. The number of Topliss-reactive ketones (excluding diaryl/α,β-unsaturated/α-hetero) is 1. The number of hydrogen-bond acceptors (Lipinski definition) is 8. The van der Waals surface area contributed by atoms with E-state index in [0.29, 0.717) is 19.3 Å². The number of ether oxygens (including phenoxy) is 3. The fourth-order valence-electron chi connectivity index (χ4n) is 7.36. The highest BCUT2D eigenvalue weighted by Crippen LogP contribution is 2.67. The van der Waals surface area contributed by atoms with Crippen molar-refractivity contribution in [1.29, 1.82) is 0 Å². The maximum Gasteiger partial charge on any atom is 0.306 e. The summed E-state index contributed by atoms with van der Waals surface area (Å²) in [5, 5.41) is 24.0. The van der Waals surface area contributed by atoms with E-state index in [-0.39, 0.29) is 18.8 Å². The number of fused-ring (bicyclic) bond motifs is 3. The Kier molecular flexibility index (Phi) is 7.36. The van der Waals surface area contributed by atoms with Crippen molar-refractivity contribution in [3.05, 3.63) is 12.7 Å². The molecule has 0 bridgehead atoms. The summed E-state index contributed by atoms with van der Waals surface area (Å²) < 4.78 is 18.4. The second-order valence-corrected chi connectivity index (χ2v) is 12.8. The van der Waals surface area contributed by atoms with Crippen LogP contribution < -0.4 is 0 Å². The van der Waals surface area contributed by atoms with Crippen molar-refractivity contribution >= 4 is 17.7 Å². The van der Waals surface area contributed by atoms with Gasteiger partial charge >= 0.3 is 11.9 Å². The van der Waals surface area contributed by atoms with E-state index in [1.165, 1.54) is 19.9 Å². The molecule has 0 aromatic rings. The van der Waals surface area contributed by atoms with Crippen LogP contribution in [0.25, 0.3) is 0 Å². The SMILES string of the molecule is C=CC1(C)CC(=O)C2(O)C(C)(O1)C(OC(C)=O)C(OC(=O)CCC(C)C)C1C(C)(C)CCC(O)C12C. The summed E-state index contributed by atoms with van der Waals surface area (Å²) in [7, 11) is 0. The summed E-state index contributed by atoms with van der Waals surface area (Å²) in [5.41, 5.74) is -7.26. The van der Waals surface area contributed by atoms with Crippen molar-refractivity contribution < 1.29 is 38.8 Å². The van der Waals surface area contributed by atoms with E-state index in [0.717, 1.165) is 0 Å². The van der Waals surface area contributed by atoms with Crippen LogP contribution in [0, 0.1) is 22.7 Å². The zero-order chi connectivity index (χ0) is 27.5. The number of aliphatic hydroxyl groups excluding tert-OH is 1. The lowest BCUT2D eigenvalue weighted by molar-refractivity contribution is -0.371. The topological polar surface area (TPSA) is 119 Å². The van der Waals surface area contributed by atoms with Crippen LogP contribution in [-0.4, -0.2) is 63.0 Å². The lowest BCUT2D eigenvalue weighted by Gasteiger charge is -2.71. The first kappa shape index (κ1) is 28.8. The highest BCUT2D eigenvalue weighted by molar-refractivity contribution is 5.92. The summed E-state index contributed by atoms with van der Waals surface area (Å²) in [5.74, 6) is -2.08. The molecule has 8 unspecified atom stereocenters. The number of carbonyl (C=O) groups excluding carboxylic acids is 3. The molecule has 1 aliphatic heterocycles. The third kappa shape index (κ3) is 4.13. The van der Waals surface area contributed by atoms with E-state index < -0.39 is 69.6 Å². The molecule has 2 aliphatic carbocycles. The minimum Gasteiger partial charge on any atom is -0.458 e. The van der Waals surface area contributed by atoms with Gasteiger partial charge in [-0.15, -0.1) is 6.58 Å². The molecule has 3 fully saturated rings. The van der Waals surface area contributed by atoms with Gasteiger partial charge in [0.25, 0.3) is 0 Å². The number of hydrogen-bond donors (Lipinski definition) is 2. The number of carbonyl (C=O) groups is 3. The van der Waals surface area contributed by atoms with Crippen LogP contribution in [0.1, 0.15) is 87.5 Å². The van der Waals surface area contributed by atoms with Crippen LogP contribution >= 0.6 is 0 Å². The average molecular weight is 509 g/mol. The smallest absolute Gasteiger partial charge is 0.306 e. The lowest BCUT2D eigenvalue weighted by atomic mass is 9.39. The predicted octanol–water partition coefficient (Wildman–Crippen LogP) is 3.51. The first-order valence-corrected chi connectivity index (χ1v) is 13.0. The van der Waals surface area contributed by atoms with Gasteiger partial charge in [-0.05, 0) is 44.4 Å². The Balaban J connectivity index is 2.29. The second kappa shape index (κ2) is 9.21. The average Bonchev–Trinajstić information content (AvgIpc) is 2.75. The molecule has 0 aromatic carbocycles. The molecule has 2 saturated carbocycles. The molecule has 8 atom stereocenters. The number of aliphatic hydroxyl groups is 2. The summed E-state index contributed by atoms with van der Waals surface area (Å²) in [4.78, 5) is 39.4. The fourth-order valence-corrected chi connectivity index (χ4v) is 7.36. The van der Waals surface area contributed by atoms with E-state index in [1.807, 2.05) is 27.7 Å². The Morgan fingerprint density at radius 3 is 2.33 bits per heavy atom. The third-order valence-electron chi connectivity index (χ3n) is 9.19. The molecule has 204 valence electrons. The first-order valence-electron chi connectivity index (χ1n) is 13.0. The predicted molar refractivity (Wildman–Crippen MR) is 133 cm³/mol. The van der Waals surface area contributed by atoms with Crippen LogP contribution in [0.2, 0.25) is 0 Å². The third-order valence-corrected chi connectivity index (χ3v) is 9.19. The highest BCUT2D eigenvalue weighted by atomic mass is 16.6. The minimum absolute atomic E-state index is 0.163. The molecule has 1 heterocycles. The Morgan fingerprint density at radius 1 is 1.19 bits per heavy atom. The second-order valence-electron chi connectivity index (χ2n) is 12.8. The van der Waals surface area contributed by atoms with Gasteiger partial charge in [0.2, 0.25) is 0 Å². The van der Waals surface area contributed by atoms with Gasteiger partial charge in [0, 0.05) is 31.1 Å². The number of ketones is 1. The maximum atomic E-state index is 13.9. The van der Waals surface area contributed by atoms with Gasteiger partial charge in [0.1, 0.15) is 11.7 Å². The summed E-state index contributed by atoms with van der Waals surface area (Å²) in [6, 6.07) is 0. The van der Waals surface area contributed by atoms with Crippen LogP contribution in [0.15, 0.2) is 12.7 Å². The van der Waals surface area contributed by atoms with Gasteiger partial charge < -0.3 is 24.4 Å². The quantitative estimate of drug-likeness (QED) is 0.413. The molecule has 2 N–H and O–H groups in total. The largest absolute Gasteiger partial charge is 0.458 e. The molecule has 8 nitrogen and oxygen atoms in total. The Morgan fingerprint density at radius 2 is 1.81 bits per heavy atom. The summed E-state index contributed by atoms with van der Waals surface area (Å²) in [6.07, 6.45) is -0.437. The molecule has 0 amide bonds. The van der Waals surface area contributed by atoms with Crippen molar-refractivity contribution in [1.82, 2.24) is 0 Å². The molecule has 36 heavy (non-hydrogen) atoms. The van der Waals surface area contributed by atoms with E-state index in [2.05, 4.69) is 6.58 Å². The minimum atomic E-state index is -2.23. The molecule has 3 rings (SSSR count). The van der Waals surface area contributed by atoms with Crippen LogP contribution in [0.3, 0.4) is 0 Å². The van der Waals surface area contributed by atoms with Gasteiger partial charge in [-0.3, -0.25) is 14.4 Å². The maximum absolute atomic E-state index is 13.9. The van der Waals surface area contributed by atoms with Gasteiger partial charge in [0.15, 0.2) is 17.5 Å². The molecule has 0 spiro atoms. The summed E-state index contributed by atoms with van der Waals surface area (Å²) >= 11 is 0. The molecule has 8 heteroatoms. The van der Waals surface area contributed by atoms with Crippen molar-refractivity contribution in [3.8, 4) is 0 Å². The molecule has 0 radical (unpaired) electrons.